The van der Waals surface area contributed by atoms with E-state index in [9.17, 15) is 0 Å². The van der Waals surface area contributed by atoms with E-state index in [2.05, 4.69) is 18.7 Å². The predicted molar refractivity (Wildman–Crippen MR) is 60.3 cm³/mol. The van der Waals surface area contributed by atoms with Crippen LogP contribution in [0.15, 0.2) is 43.0 Å². The minimum Gasteiger partial charge on any atom is -0.337 e. The van der Waals surface area contributed by atoms with Crippen molar-refractivity contribution in [3.05, 3.63) is 48.6 Å². The molecule has 0 N–H and O–H groups in total. The molecule has 76 valence electrons. The van der Waals surface area contributed by atoms with Crippen molar-refractivity contribution in [1.82, 2.24) is 0 Å². The van der Waals surface area contributed by atoms with E-state index in [-0.39, 0.29) is 5.66 Å². The normalized spacial score (nSPS) is 12.8. The quantitative estimate of drug-likeness (QED) is 0.546. The molecule has 0 aliphatic carbocycles. The van der Waals surface area contributed by atoms with Crippen LogP contribution in [-0.2, 0) is 9.05 Å². The Morgan fingerprint density at radius 2 is 1.79 bits per heavy atom. The second kappa shape index (κ2) is 5.92. The summed E-state index contributed by atoms with van der Waals surface area (Å²) in [6, 6.07) is 10.1. The van der Waals surface area contributed by atoms with Crippen LogP contribution in [0.4, 0.5) is 0 Å². The van der Waals surface area contributed by atoms with Crippen LogP contribution in [0.25, 0.3) is 0 Å². The van der Waals surface area contributed by atoms with Crippen molar-refractivity contribution in [2.45, 2.75) is 5.66 Å². The van der Waals surface area contributed by atoms with Gasteiger partial charge in [0, 0.05) is 14.2 Å². The van der Waals surface area contributed by atoms with Gasteiger partial charge in [-0.15, -0.1) is 6.58 Å². The molecule has 0 aliphatic heterocycles. The number of rotatable bonds is 5. The van der Waals surface area contributed by atoms with Crippen molar-refractivity contribution < 1.29 is 9.05 Å². The molecule has 0 bridgehead atoms. The third-order valence-electron chi connectivity index (χ3n) is 1.95. The molecule has 14 heavy (non-hydrogen) atoms. The molecule has 0 aromatic heterocycles. The largest absolute Gasteiger partial charge is 0.337 e. The average molecular weight is 210 g/mol. The van der Waals surface area contributed by atoms with Crippen LogP contribution in [0.2, 0.25) is 0 Å². The van der Waals surface area contributed by atoms with Gasteiger partial charge in [-0.05, 0) is 5.56 Å². The highest BCUT2D eigenvalue weighted by Crippen LogP contribution is 2.52. The Morgan fingerprint density at radius 1 is 1.21 bits per heavy atom. The highest BCUT2D eigenvalue weighted by molar-refractivity contribution is 7.47. The number of allylic oxidation sites excluding steroid dienone is 1. The second-order valence-corrected chi connectivity index (χ2v) is 4.60. The molecule has 2 nitrogen and oxygen atoms in total. The van der Waals surface area contributed by atoms with Crippen molar-refractivity contribution in [3.63, 3.8) is 0 Å². The molecule has 1 aromatic rings. The Hall–Kier alpha value is -0.690. The van der Waals surface area contributed by atoms with E-state index >= 15 is 0 Å². The first-order chi connectivity index (χ1) is 6.83. The lowest BCUT2D eigenvalue weighted by atomic mass is 10.1. The summed E-state index contributed by atoms with van der Waals surface area (Å²) >= 11 is 0. The summed E-state index contributed by atoms with van der Waals surface area (Å²) in [5, 5.41) is 0. The van der Waals surface area contributed by atoms with Crippen molar-refractivity contribution in [3.8, 4) is 0 Å². The highest BCUT2D eigenvalue weighted by Gasteiger charge is 2.20. The second-order valence-electron chi connectivity index (χ2n) is 2.74. The molecule has 0 saturated heterocycles. The van der Waals surface area contributed by atoms with Gasteiger partial charge in [-0.3, -0.25) is 0 Å². The predicted octanol–water partition coefficient (Wildman–Crippen LogP) is 3.52. The molecular formula is C11H15O2P. The molecule has 0 radical (unpaired) electrons. The minimum atomic E-state index is -0.914. The van der Waals surface area contributed by atoms with E-state index in [0.717, 1.165) is 0 Å². The molecule has 1 aromatic carbocycles. The maximum absolute atomic E-state index is 5.28. The number of benzene rings is 1. The summed E-state index contributed by atoms with van der Waals surface area (Å²) in [6.07, 6.45) is 1.87. The van der Waals surface area contributed by atoms with E-state index < -0.39 is 8.38 Å². The molecule has 0 fully saturated rings. The van der Waals surface area contributed by atoms with Crippen LogP contribution < -0.4 is 0 Å². The van der Waals surface area contributed by atoms with Crippen LogP contribution in [0.3, 0.4) is 0 Å². The first kappa shape index (κ1) is 11.4. The average Bonchev–Trinajstić information content (AvgIpc) is 2.27. The smallest absolute Gasteiger partial charge is 0.182 e. The van der Waals surface area contributed by atoms with Gasteiger partial charge in [0.05, 0.1) is 5.66 Å². The van der Waals surface area contributed by atoms with Gasteiger partial charge in [0.15, 0.2) is 8.38 Å². The van der Waals surface area contributed by atoms with Gasteiger partial charge in [-0.25, -0.2) is 0 Å². The van der Waals surface area contributed by atoms with Gasteiger partial charge in [-0.1, -0.05) is 36.4 Å². The van der Waals surface area contributed by atoms with Crippen molar-refractivity contribution >= 4 is 8.38 Å². The summed E-state index contributed by atoms with van der Waals surface area (Å²) < 4.78 is 10.6. The Labute approximate surface area is 86.5 Å². The molecule has 0 spiro atoms. The SMILES string of the molecule is C=CC(c1ccccc1)P(OC)OC. The molecule has 0 heterocycles. The molecule has 3 heteroatoms. The zero-order chi connectivity index (χ0) is 10.4. The van der Waals surface area contributed by atoms with Gasteiger partial charge in [-0.2, -0.15) is 0 Å². The summed E-state index contributed by atoms with van der Waals surface area (Å²) in [7, 11) is 2.41. The molecule has 0 amide bonds. The summed E-state index contributed by atoms with van der Waals surface area (Å²) in [5.41, 5.74) is 1.32. The van der Waals surface area contributed by atoms with Crippen LogP contribution in [0, 0.1) is 0 Å². The van der Waals surface area contributed by atoms with Gasteiger partial charge >= 0.3 is 0 Å². The standard InChI is InChI=1S/C11H15O2P/c1-4-11(14(12-2)13-3)10-8-6-5-7-9-10/h4-9,11H,1H2,2-3H3. The fourth-order valence-electron chi connectivity index (χ4n) is 1.30. The van der Waals surface area contributed by atoms with Crippen LogP contribution in [-0.4, -0.2) is 14.2 Å². The summed E-state index contributed by atoms with van der Waals surface area (Å²) in [6.45, 7) is 3.81. The number of hydrogen-bond donors (Lipinski definition) is 0. The summed E-state index contributed by atoms with van der Waals surface area (Å²) in [5.74, 6) is 0. The van der Waals surface area contributed by atoms with Crippen LogP contribution in [0.1, 0.15) is 11.2 Å². The van der Waals surface area contributed by atoms with Gasteiger partial charge < -0.3 is 9.05 Å². The Balaban J connectivity index is 2.86. The van der Waals surface area contributed by atoms with E-state index in [0.29, 0.717) is 0 Å². The Kier molecular flexibility index (Phi) is 4.81. The number of hydrogen-bond acceptors (Lipinski definition) is 2. The lowest BCUT2D eigenvalue weighted by Gasteiger charge is -2.20. The Bertz CT molecular complexity index is 270. The van der Waals surface area contributed by atoms with E-state index in [1.165, 1.54) is 5.56 Å². The highest BCUT2D eigenvalue weighted by atomic mass is 31.2. The van der Waals surface area contributed by atoms with Crippen molar-refractivity contribution in [1.29, 1.82) is 0 Å². The molecule has 1 rings (SSSR count). The van der Waals surface area contributed by atoms with Crippen molar-refractivity contribution in [2.24, 2.45) is 0 Å². The molecule has 1 atom stereocenters. The lowest BCUT2D eigenvalue weighted by molar-refractivity contribution is 0.335. The van der Waals surface area contributed by atoms with Gasteiger partial charge in [0.25, 0.3) is 0 Å². The molecule has 0 aliphatic rings. The zero-order valence-electron chi connectivity index (χ0n) is 8.51. The fraction of sp³-hybridized carbons (Fsp3) is 0.273. The third-order valence-corrected chi connectivity index (χ3v) is 3.63. The molecule has 0 saturated carbocycles. The van der Waals surface area contributed by atoms with Crippen LogP contribution in [0.5, 0.6) is 0 Å². The zero-order valence-corrected chi connectivity index (χ0v) is 9.41. The maximum atomic E-state index is 5.28. The van der Waals surface area contributed by atoms with E-state index in [4.69, 9.17) is 9.05 Å². The minimum absolute atomic E-state index is 0.140. The van der Waals surface area contributed by atoms with Gasteiger partial charge in [0.1, 0.15) is 0 Å². The molecule has 1 unspecified atom stereocenters. The fourth-order valence-corrected chi connectivity index (χ4v) is 2.49. The van der Waals surface area contributed by atoms with Gasteiger partial charge in [0.2, 0.25) is 0 Å². The van der Waals surface area contributed by atoms with E-state index in [1.807, 2.05) is 24.3 Å². The maximum Gasteiger partial charge on any atom is 0.182 e. The first-order valence-electron chi connectivity index (χ1n) is 4.38. The lowest BCUT2D eigenvalue weighted by Crippen LogP contribution is -1.96. The first-order valence-corrected chi connectivity index (χ1v) is 5.63. The van der Waals surface area contributed by atoms with Crippen LogP contribution >= 0.6 is 8.38 Å². The van der Waals surface area contributed by atoms with Crippen molar-refractivity contribution in [2.75, 3.05) is 14.2 Å². The third kappa shape index (κ3) is 2.65. The Morgan fingerprint density at radius 3 is 2.21 bits per heavy atom. The molecular weight excluding hydrogens is 195 g/mol. The summed E-state index contributed by atoms with van der Waals surface area (Å²) in [4.78, 5) is 0. The van der Waals surface area contributed by atoms with E-state index in [1.54, 1.807) is 14.2 Å². The monoisotopic (exact) mass is 210 g/mol. The topological polar surface area (TPSA) is 18.5 Å².